The highest BCUT2D eigenvalue weighted by Gasteiger charge is 2.39. The Bertz CT molecular complexity index is 490. The second-order valence-electron chi connectivity index (χ2n) is 6.36. The van der Waals surface area contributed by atoms with Crippen LogP contribution in [0, 0.1) is 5.82 Å². The Morgan fingerprint density at radius 1 is 1.24 bits per heavy atom. The summed E-state index contributed by atoms with van der Waals surface area (Å²) in [6.45, 7) is 1.59. The normalized spacial score (nSPS) is 24.1. The van der Waals surface area contributed by atoms with Gasteiger partial charge in [0.2, 0.25) is 5.91 Å². The van der Waals surface area contributed by atoms with Crippen LogP contribution in [-0.4, -0.2) is 25.0 Å². The van der Waals surface area contributed by atoms with E-state index in [0.717, 1.165) is 44.2 Å². The molecule has 1 atom stereocenters. The molecule has 4 heteroatoms. The molecule has 0 radical (unpaired) electrons. The summed E-state index contributed by atoms with van der Waals surface area (Å²) in [5.74, 6) is -0.0910. The van der Waals surface area contributed by atoms with Gasteiger partial charge in [0.15, 0.2) is 0 Å². The highest BCUT2D eigenvalue weighted by atomic mass is 19.1. The summed E-state index contributed by atoms with van der Waals surface area (Å²) in [7, 11) is 0. The van der Waals surface area contributed by atoms with Crippen LogP contribution in [0.5, 0.6) is 0 Å². The van der Waals surface area contributed by atoms with E-state index in [1.165, 1.54) is 18.6 Å². The molecule has 1 amide bonds. The second-order valence-corrected chi connectivity index (χ2v) is 6.36. The third kappa shape index (κ3) is 3.10. The predicted octanol–water partition coefficient (Wildman–Crippen LogP) is 2.51. The average Bonchev–Trinajstić information content (AvgIpc) is 2.48. The molecule has 21 heavy (non-hydrogen) atoms. The largest absolute Gasteiger partial charge is 0.354 e. The predicted molar refractivity (Wildman–Crippen MR) is 80.6 cm³/mol. The first kappa shape index (κ1) is 14.5. The number of benzene rings is 1. The molecule has 0 aromatic heterocycles. The molecule has 1 unspecified atom stereocenters. The SMILES string of the molecule is O=C(NCC1(c2ccc(F)cc2)CCC1)C1CCCCN1. The van der Waals surface area contributed by atoms with Crippen molar-refractivity contribution in [2.75, 3.05) is 13.1 Å². The lowest BCUT2D eigenvalue weighted by molar-refractivity contribution is -0.124. The van der Waals surface area contributed by atoms with Crippen LogP contribution in [0.4, 0.5) is 4.39 Å². The Morgan fingerprint density at radius 2 is 2.00 bits per heavy atom. The molecular weight excluding hydrogens is 267 g/mol. The molecule has 0 spiro atoms. The van der Waals surface area contributed by atoms with Crippen LogP contribution in [0.3, 0.4) is 0 Å². The number of halogens is 1. The van der Waals surface area contributed by atoms with Gasteiger partial charge >= 0.3 is 0 Å². The van der Waals surface area contributed by atoms with E-state index >= 15 is 0 Å². The number of piperidine rings is 1. The van der Waals surface area contributed by atoms with Gasteiger partial charge in [0.25, 0.3) is 0 Å². The molecule has 1 aliphatic carbocycles. The molecule has 2 aliphatic rings. The van der Waals surface area contributed by atoms with Crippen LogP contribution in [0.1, 0.15) is 44.1 Å². The van der Waals surface area contributed by atoms with Crippen molar-refractivity contribution < 1.29 is 9.18 Å². The van der Waals surface area contributed by atoms with E-state index in [4.69, 9.17) is 0 Å². The zero-order valence-electron chi connectivity index (χ0n) is 12.3. The molecule has 1 heterocycles. The van der Waals surface area contributed by atoms with Crippen molar-refractivity contribution in [3.63, 3.8) is 0 Å². The summed E-state index contributed by atoms with van der Waals surface area (Å²) < 4.78 is 13.1. The highest BCUT2D eigenvalue weighted by Crippen LogP contribution is 2.43. The maximum atomic E-state index is 13.1. The van der Waals surface area contributed by atoms with E-state index in [-0.39, 0.29) is 23.2 Å². The summed E-state index contributed by atoms with van der Waals surface area (Å²) >= 11 is 0. The zero-order valence-corrected chi connectivity index (χ0v) is 12.3. The lowest BCUT2D eigenvalue weighted by atomic mass is 9.64. The molecule has 1 aliphatic heterocycles. The Balaban J connectivity index is 1.61. The minimum Gasteiger partial charge on any atom is -0.354 e. The van der Waals surface area contributed by atoms with Gasteiger partial charge in [0.05, 0.1) is 6.04 Å². The van der Waals surface area contributed by atoms with Gasteiger partial charge in [-0.2, -0.15) is 0 Å². The monoisotopic (exact) mass is 290 g/mol. The van der Waals surface area contributed by atoms with E-state index in [2.05, 4.69) is 10.6 Å². The molecule has 1 saturated carbocycles. The van der Waals surface area contributed by atoms with Crippen LogP contribution >= 0.6 is 0 Å². The fourth-order valence-corrected chi connectivity index (χ4v) is 3.43. The van der Waals surface area contributed by atoms with Crippen LogP contribution in [-0.2, 0) is 10.2 Å². The third-order valence-corrected chi connectivity index (χ3v) is 5.00. The van der Waals surface area contributed by atoms with Gasteiger partial charge in [-0.1, -0.05) is 25.0 Å². The summed E-state index contributed by atoms with van der Waals surface area (Å²) in [6.07, 6.45) is 6.51. The van der Waals surface area contributed by atoms with Crippen molar-refractivity contribution >= 4 is 5.91 Å². The fraction of sp³-hybridized carbons (Fsp3) is 0.588. The number of carbonyl (C=O) groups excluding carboxylic acids is 1. The summed E-state index contributed by atoms with van der Waals surface area (Å²) in [4.78, 5) is 12.2. The van der Waals surface area contributed by atoms with Crippen LogP contribution in [0.15, 0.2) is 24.3 Å². The molecule has 3 nitrogen and oxygen atoms in total. The maximum absolute atomic E-state index is 13.1. The Morgan fingerprint density at radius 3 is 2.57 bits per heavy atom. The zero-order chi connectivity index (χ0) is 14.7. The molecular formula is C17H23FN2O. The summed E-state index contributed by atoms with van der Waals surface area (Å²) in [5, 5.41) is 6.39. The first-order valence-electron chi connectivity index (χ1n) is 7.97. The lowest BCUT2D eigenvalue weighted by Crippen LogP contribution is -2.51. The van der Waals surface area contributed by atoms with E-state index in [0.29, 0.717) is 6.54 Å². The molecule has 0 bridgehead atoms. The van der Waals surface area contributed by atoms with Gasteiger partial charge in [-0.25, -0.2) is 4.39 Å². The van der Waals surface area contributed by atoms with Gasteiger partial charge in [-0.3, -0.25) is 4.79 Å². The van der Waals surface area contributed by atoms with E-state index in [9.17, 15) is 9.18 Å². The number of amides is 1. The topological polar surface area (TPSA) is 41.1 Å². The Hall–Kier alpha value is -1.42. The maximum Gasteiger partial charge on any atom is 0.237 e. The average molecular weight is 290 g/mol. The lowest BCUT2D eigenvalue weighted by Gasteiger charge is -2.43. The molecule has 1 aromatic rings. The van der Waals surface area contributed by atoms with Crippen molar-refractivity contribution in [1.82, 2.24) is 10.6 Å². The fourth-order valence-electron chi connectivity index (χ4n) is 3.43. The van der Waals surface area contributed by atoms with Crippen LogP contribution in [0.25, 0.3) is 0 Å². The van der Waals surface area contributed by atoms with E-state index in [1.807, 2.05) is 12.1 Å². The minimum atomic E-state index is -0.205. The second kappa shape index (κ2) is 6.14. The number of nitrogens with one attached hydrogen (secondary N) is 2. The van der Waals surface area contributed by atoms with E-state index in [1.54, 1.807) is 0 Å². The van der Waals surface area contributed by atoms with Crippen molar-refractivity contribution in [3.05, 3.63) is 35.6 Å². The number of carbonyl (C=O) groups is 1. The van der Waals surface area contributed by atoms with Crippen LogP contribution < -0.4 is 10.6 Å². The van der Waals surface area contributed by atoms with Crippen molar-refractivity contribution in [1.29, 1.82) is 0 Å². The van der Waals surface area contributed by atoms with Crippen molar-refractivity contribution in [3.8, 4) is 0 Å². The molecule has 1 saturated heterocycles. The Kier molecular flexibility index (Phi) is 4.24. The molecule has 114 valence electrons. The number of hydrogen-bond acceptors (Lipinski definition) is 2. The van der Waals surface area contributed by atoms with Gasteiger partial charge < -0.3 is 10.6 Å². The first-order chi connectivity index (χ1) is 10.2. The third-order valence-electron chi connectivity index (χ3n) is 5.00. The molecule has 3 rings (SSSR count). The van der Waals surface area contributed by atoms with Crippen molar-refractivity contribution in [2.45, 2.75) is 50.0 Å². The van der Waals surface area contributed by atoms with Gasteiger partial charge in [0.1, 0.15) is 5.82 Å². The smallest absolute Gasteiger partial charge is 0.237 e. The number of hydrogen-bond donors (Lipinski definition) is 2. The summed E-state index contributed by atoms with van der Waals surface area (Å²) in [5.41, 5.74) is 1.16. The minimum absolute atomic E-state index is 0.0119. The molecule has 2 N–H and O–H groups in total. The van der Waals surface area contributed by atoms with Gasteiger partial charge in [-0.15, -0.1) is 0 Å². The van der Waals surface area contributed by atoms with Crippen molar-refractivity contribution in [2.24, 2.45) is 0 Å². The Labute approximate surface area is 125 Å². The molecule has 1 aromatic carbocycles. The molecule has 2 fully saturated rings. The van der Waals surface area contributed by atoms with E-state index < -0.39 is 0 Å². The standard InChI is InChI=1S/C17H23FN2O/c18-14-7-5-13(6-8-14)17(9-3-10-17)12-20-16(21)15-4-1-2-11-19-15/h5-8,15,19H,1-4,9-12H2,(H,20,21). The highest BCUT2D eigenvalue weighted by molar-refractivity contribution is 5.81. The quantitative estimate of drug-likeness (QED) is 0.894. The van der Waals surface area contributed by atoms with Gasteiger partial charge in [0, 0.05) is 12.0 Å². The van der Waals surface area contributed by atoms with Gasteiger partial charge in [-0.05, 0) is 49.9 Å². The summed E-state index contributed by atoms with van der Waals surface area (Å²) in [6, 6.07) is 6.71. The number of rotatable bonds is 4. The van der Waals surface area contributed by atoms with Crippen LogP contribution in [0.2, 0.25) is 0 Å². The first-order valence-corrected chi connectivity index (χ1v) is 7.97.